The number of aromatic nitrogens is 1. The summed E-state index contributed by atoms with van der Waals surface area (Å²) in [6.07, 6.45) is 5.73. The fourth-order valence-corrected chi connectivity index (χ4v) is 4.32. The molecule has 0 bridgehead atoms. The monoisotopic (exact) mass is 433 g/mol. The summed E-state index contributed by atoms with van der Waals surface area (Å²) < 4.78 is 5.90. The van der Waals surface area contributed by atoms with Crippen molar-refractivity contribution < 1.29 is 9.21 Å². The van der Waals surface area contributed by atoms with Crippen molar-refractivity contribution in [3.8, 4) is 0 Å². The van der Waals surface area contributed by atoms with E-state index in [2.05, 4.69) is 4.98 Å². The Morgan fingerprint density at radius 1 is 1.19 bits per heavy atom. The zero-order chi connectivity index (χ0) is 17.4. The molecule has 1 saturated carbocycles. The van der Waals surface area contributed by atoms with Crippen molar-refractivity contribution in [1.82, 2.24) is 9.88 Å². The van der Waals surface area contributed by atoms with Gasteiger partial charge in [-0.05, 0) is 50.3 Å². The van der Waals surface area contributed by atoms with Gasteiger partial charge < -0.3 is 15.1 Å². The van der Waals surface area contributed by atoms with Gasteiger partial charge in [-0.3, -0.25) is 4.79 Å². The molecule has 2 fully saturated rings. The summed E-state index contributed by atoms with van der Waals surface area (Å²) in [7, 11) is 0. The number of likely N-dealkylation sites (tertiary alicyclic amines) is 1. The first-order chi connectivity index (χ1) is 12.1. The number of fused-ring (bicyclic) bond motifs is 1. The van der Waals surface area contributed by atoms with Gasteiger partial charge in [-0.25, -0.2) is 4.98 Å². The highest BCUT2D eigenvalue weighted by atomic mass is 35.5. The summed E-state index contributed by atoms with van der Waals surface area (Å²) in [5.74, 6) is 1.44. The Kier molecular flexibility index (Phi) is 7.81. The number of oxazole rings is 1. The van der Waals surface area contributed by atoms with E-state index in [1.807, 2.05) is 23.1 Å². The maximum atomic E-state index is 12.7. The molecule has 1 aromatic heterocycles. The van der Waals surface area contributed by atoms with Gasteiger partial charge in [-0.1, -0.05) is 18.0 Å². The molecule has 1 saturated heterocycles. The second-order valence-corrected chi connectivity index (χ2v) is 7.82. The minimum absolute atomic E-state index is 0. The van der Waals surface area contributed by atoms with E-state index in [0.29, 0.717) is 5.02 Å². The number of carbonyl (C=O) groups is 1. The molecule has 0 spiro atoms. The molecule has 27 heavy (non-hydrogen) atoms. The number of benzene rings is 1. The highest BCUT2D eigenvalue weighted by molar-refractivity contribution is 6.31. The quantitative estimate of drug-likeness (QED) is 0.752. The summed E-state index contributed by atoms with van der Waals surface area (Å²) in [6, 6.07) is 5.69. The van der Waals surface area contributed by atoms with Crippen molar-refractivity contribution in [1.29, 1.82) is 0 Å². The van der Waals surface area contributed by atoms with Crippen LogP contribution in [-0.2, 0) is 4.79 Å². The second-order valence-electron chi connectivity index (χ2n) is 7.39. The average molecular weight is 435 g/mol. The van der Waals surface area contributed by atoms with Gasteiger partial charge >= 0.3 is 0 Å². The largest absolute Gasteiger partial charge is 0.440 e. The van der Waals surface area contributed by atoms with Gasteiger partial charge in [0.15, 0.2) is 11.5 Å². The smallest absolute Gasteiger partial charge is 0.225 e. The Bertz CT molecular complexity index is 775. The lowest BCUT2D eigenvalue weighted by atomic mass is 9.84. The zero-order valence-corrected chi connectivity index (χ0v) is 17.5. The molecule has 2 atom stereocenters. The van der Waals surface area contributed by atoms with E-state index in [1.54, 1.807) is 0 Å². The molecule has 1 amide bonds. The van der Waals surface area contributed by atoms with Crippen LogP contribution in [0.15, 0.2) is 22.6 Å². The van der Waals surface area contributed by atoms with Crippen LogP contribution >= 0.6 is 36.4 Å². The molecule has 2 heterocycles. The minimum atomic E-state index is 0. The average Bonchev–Trinajstić information content (AvgIpc) is 3.04. The van der Waals surface area contributed by atoms with Crippen molar-refractivity contribution in [2.24, 2.45) is 11.7 Å². The molecular formula is C19H26Cl3N3O2. The molecular weight excluding hydrogens is 409 g/mol. The number of hydrogen-bond donors (Lipinski definition) is 1. The first-order valence-electron chi connectivity index (χ1n) is 9.20. The fourth-order valence-electron chi connectivity index (χ4n) is 4.15. The van der Waals surface area contributed by atoms with Crippen LogP contribution in [0.3, 0.4) is 0 Å². The van der Waals surface area contributed by atoms with E-state index in [9.17, 15) is 4.79 Å². The van der Waals surface area contributed by atoms with Crippen molar-refractivity contribution >= 4 is 53.4 Å². The summed E-state index contributed by atoms with van der Waals surface area (Å²) in [4.78, 5) is 19.3. The highest BCUT2D eigenvalue weighted by Gasteiger charge is 2.32. The number of hydrogen-bond acceptors (Lipinski definition) is 4. The first kappa shape index (κ1) is 22.3. The standard InChI is InChI=1S/C19H24ClN3O2.2ClH/c20-14-4-5-17-16(11-14)22-18(25-17)12-6-8-23(9-7-12)19(24)13-2-1-3-15(21)10-13;;/h4-5,11-13,15H,1-3,6-10,21H2;2*1H. The highest BCUT2D eigenvalue weighted by Crippen LogP contribution is 2.32. The third-order valence-electron chi connectivity index (χ3n) is 5.59. The van der Waals surface area contributed by atoms with Crippen LogP contribution in [0.4, 0.5) is 0 Å². The lowest BCUT2D eigenvalue weighted by molar-refractivity contribution is -0.137. The van der Waals surface area contributed by atoms with Crippen LogP contribution < -0.4 is 5.73 Å². The van der Waals surface area contributed by atoms with Gasteiger partial charge in [0.2, 0.25) is 5.91 Å². The molecule has 2 unspecified atom stereocenters. The van der Waals surface area contributed by atoms with Gasteiger partial charge in [0.25, 0.3) is 0 Å². The van der Waals surface area contributed by atoms with E-state index < -0.39 is 0 Å². The van der Waals surface area contributed by atoms with Gasteiger partial charge in [0.1, 0.15) is 5.52 Å². The van der Waals surface area contributed by atoms with E-state index in [4.69, 9.17) is 21.8 Å². The predicted octanol–water partition coefficient (Wildman–Crippen LogP) is 4.55. The number of piperidine rings is 1. The molecule has 2 aromatic rings. The van der Waals surface area contributed by atoms with Crippen LogP contribution in [0.25, 0.3) is 11.1 Å². The van der Waals surface area contributed by atoms with Crippen molar-refractivity contribution in [3.05, 3.63) is 29.1 Å². The fraction of sp³-hybridized carbons (Fsp3) is 0.579. The summed E-state index contributed by atoms with van der Waals surface area (Å²) in [5, 5.41) is 0.665. The minimum Gasteiger partial charge on any atom is -0.440 e. The van der Waals surface area contributed by atoms with Crippen molar-refractivity contribution in [2.45, 2.75) is 50.5 Å². The summed E-state index contributed by atoms with van der Waals surface area (Å²) in [6.45, 7) is 1.55. The van der Waals surface area contributed by atoms with Gasteiger partial charge in [-0.2, -0.15) is 0 Å². The Morgan fingerprint density at radius 2 is 1.93 bits per heavy atom. The third kappa shape index (κ3) is 4.89. The predicted molar refractivity (Wildman–Crippen MR) is 112 cm³/mol. The molecule has 0 radical (unpaired) electrons. The number of nitrogens with two attached hydrogens (primary N) is 1. The van der Waals surface area contributed by atoms with Crippen LogP contribution in [0, 0.1) is 5.92 Å². The van der Waals surface area contributed by atoms with Gasteiger partial charge in [0, 0.05) is 36.0 Å². The van der Waals surface area contributed by atoms with E-state index >= 15 is 0 Å². The molecule has 1 aliphatic heterocycles. The second kappa shape index (κ2) is 9.46. The van der Waals surface area contributed by atoms with Crippen LogP contribution in [0.2, 0.25) is 5.02 Å². The van der Waals surface area contributed by atoms with E-state index in [-0.39, 0.29) is 48.6 Å². The van der Waals surface area contributed by atoms with E-state index in [1.165, 1.54) is 0 Å². The lowest BCUT2D eigenvalue weighted by Gasteiger charge is -2.35. The Hall–Kier alpha value is -1.01. The number of halogens is 3. The lowest BCUT2D eigenvalue weighted by Crippen LogP contribution is -2.44. The molecule has 4 rings (SSSR count). The molecule has 5 nitrogen and oxygen atoms in total. The normalized spacial score (nSPS) is 23.6. The molecule has 2 N–H and O–H groups in total. The molecule has 1 aliphatic carbocycles. The Labute approximate surface area is 176 Å². The third-order valence-corrected chi connectivity index (χ3v) is 5.82. The molecule has 8 heteroatoms. The SMILES string of the molecule is Cl.Cl.NC1CCCC(C(=O)N2CCC(c3nc4cc(Cl)ccc4o3)CC2)C1. The zero-order valence-electron chi connectivity index (χ0n) is 15.1. The maximum Gasteiger partial charge on any atom is 0.225 e. The number of nitrogens with zero attached hydrogens (tertiary/aromatic N) is 2. The maximum absolute atomic E-state index is 12.7. The van der Waals surface area contributed by atoms with Crippen LogP contribution in [0.5, 0.6) is 0 Å². The van der Waals surface area contributed by atoms with Gasteiger partial charge in [-0.15, -0.1) is 24.8 Å². The summed E-state index contributed by atoms with van der Waals surface area (Å²) in [5.41, 5.74) is 7.61. The van der Waals surface area contributed by atoms with Crippen molar-refractivity contribution in [3.63, 3.8) is 0 Å². The molecule has 1 aromatic carbocycles. The first-order valence-corrected chi connectivity index (χ1v) is 9.58. The molecule has 2 aliphatic rings. The molecule has 150 valence electrons. The van der Waals surface area contributed by atoms with Crippen LogP contribution in [0.1, 0.15) is 50.3 Å². The van der Waals surface area contributed by atoms with Crippen LogP contribution in [-0.4, -0.2) is 34.9 Å². The Morgan fingerprint density at radius 3 is 2.63 bits per heavy atom. The number of carbonyl (C=O) groups excluding carboxylic acids is 1. The topological polar surface area (TPSA) is 72.4 Å². The van der Waals surface area contributed by atoms with Crippen molar-refractivity contribution in [2.75, 3.05) is 13.1 Å². The van der Waals surface area contributed by atoms with Gasteiger partial charge in [0.05, 0.1) is 0 Å². The summed E-state index contributed by atoms with van der Waals surface area (Å²) >= 11 is 6.02. The number of amides is 1. The Balaban J connectivity index is 0.00000131. The van der Waals surface area contributed by atoms with E-state index in [0.717, 1.165) is 68.6 Å². The number of rotatable bonds is 2.